The standard InChI is InChI=1S/C17H28N2O2.ClH/c1-5-17(18,6-2)12-19-16(20)11-21-15-9-7-14(8-10-15)13(3)4;/h7-10,13H,5-6,11-12,18H2,1-4H3,(H,19,20);1H. The summed E-state index contributed by atoms with van der Waals surface area (Å²) in [4.78, 5) is 11.8. The summed E-state index contributed by atoms with van der Waals surface area (Å²) in [5, 5.41) is 2.84. The molecule has 3 N–H and O–H groups in total. The van der Waals surface area contributed by atoms with E-state index < -0.39 is 0 Å². The monoisotopic (exact) mass is 328 g/mol. The van der Waals surface area contributed by atoms with Crippen molar-refractivity contribution in [1.82, 2.24) is 5.32 Å². The molecule has 0 fully saturated rings. The number of amides is 1. The molecule has 1 amide bonds. The third kappa shape index (κ3) is 6.67. The van der Waals surface area contributed by atoms with Gasteiger partial charge in [0, 0.05) is 12.1 Å². The largest absolute Gasteiger partial charge is 0.484 e. The van der Waals surface area contributed by atoms with Crippen LogP contribution < -0.4 is 15.8 Å². The minimum Gasteiger partial charge on any atom is -0.484 e. The molecule has 0 aliphatic rings. The van der Waals surface area contributed by atoms with E-state index >= 15 is 0 Å². The Labute approximate surface area is 140 Å². The molecule has 0 aliphatic carbocycles. The molecule has 126 valence electrons. The van der Waals surface area contributed by atoms with Crippen molar-refractivity contribution in [3.8, 4) is 5.75 Å². The van der Waals surface area contributed by atoms with Gasteiger partial charge in [0.25, 0.3) is 5.91 Å². The van der Waals surface area contributed by atoms with E-state index in [1.165, 1.54) is 5.56 Å². The van der Waals surface area contributed by atoms with Crippen LogP contribution in [0.2, 0.25) is 0 Å². The maximum atomic E-state index is 11.8. The van der Waals surface area contributed by atoms with Crippen molar-refractivity contribution in [2.24, 2.45) is 5.73 Å². The number of nitrogens with one attached hydrogen (secondary N) is 1. The van der Waals surface area contributed by atoms with E-state index in [-0.39, 0.29) is 30.5 Å². The van der Waals surface area contributed by atoms with Gasteiger partial charge in [-0.15, -0.1) is 12.4 Å². The first-order valence-corrected chi connectivity index (χ1v) is 7.68. The number of benzene rings is 1. The van der Waals surface area contributed by atoms with Gasteiger partial charge in [-0.2, -0.15) is 0 Å². The van der Waals surface area contributed by atoms with Crippen LogP contribution in [0.15, 0.2) is 24.3 Å². The Bertz CT molecular complexity index is 442. The van der Waals surface area contributed by atoms with E-state index in [9.17, 15) is 4.79 Å². The lowest BCUT2D eigenvalue weighted by molar-refractivity contribution is -0.123. The van der Waals surface area contributed by atoms with Crippen LogP contribution in [-0.4, -0.2) is 24.6 Å². The third-order valence-corrected chi connectivity index (χ3v) is 3.96. The third-order valence-electron chi connectivity index (χ3n) is 3.96. The van der Waals surface area contributed by atoms with Gasteiger partial charge in [0.1, 0.15) is 5.75 Å². The molecule has 1 rings (SSSR count). The Morgan fingerprint density at radius 3 is 2.23 bits per heavy atom. The zero-order valence-electron chi connectivity index (χ0n) is 14.0. The quantitative estimate of drug-likeness (QED) is 0.770. The molecule has 5 heteroatoms. The van der Waals surface area contributed by atoms with Crippen LogP contribution in [0, 0.1) is 0 Å². The lowest BCUT2D eigenvalue weighted by Gasteiger charge is -2.26. The lowest BCUT2D eigenvalue weighted by Crippen LogP contribution is -2.50. The van der Waals surface area contributed by atoms with Gasteiger partial charge in [0.2, 0.25) is 0 Å². The highest BCUT2D eigenvalue weighted by Gasteiger charge is 2.20. The van der Waals surface area contributed by atoms with Gasteiger partial charge in [-0.25, -0.2) is 0 Å². The summed E-state index contributed by atoms with van der Waals surface area (Å²) in [6.45, 7) is 8.84. The molecule has 22 heavy (non-hydrogen) atoms. The Morgan fingerprint density at radius 1 is 1.23 bits per heavy atom. The van der Waals surface area contributed by atoms with E-state index in [2.05, 4.69) is 19.2 Å². The zero-order valence-corrected chi connectivity index (χ0v) is 14.8. The summed E-state index contributed by atoms with van der Waals surface area (Å²) in [5.41, 5.74) is 7.07. The van der Waals surface area contributed by atoms with Gasteiger partial charge >= 0.3 is 0 Å². The van der Waals surface area contributed by atoms with Gasteiger partial charge in [0.15, 0.2) is 6.61 Å². The van der Waals surface area contributed by atoms with E-state index in [1.807, 2.05) is 38.1 Å². The normalized spacial score (nSPS) is 11.0. The fourth-order valence-electron chi connectivity index (χ4n) is 1.92. The summed E-state index contributed by atoms with van der Waals surface area (Å²) in [5.74, 6) is 1.06. The van der Waals surface area contributed by atoms with Crippen LogP contribution in [0.5, 0.6) is 5.75 Å². The molecule has 0 spiro atoms. The fourth-order valence-corrected chi connectivity index (χ4v) is 1.92. The maximum absolute atomic E-state index is 11.8. The van der Waals surface area contributed by atoms with Gasteiger partial charge in [-0.3, -0.25) is 4.79 Å². The van der Waals surface area contributed by atoms with E-state index in [1.54, 1.807) is 0 Å². The average Bonchev–Trinajstić information content (AvgIpc) is 2.51. The maximum Gasteiger partial charge on any atom is 0.258 e. The van der Waals surface area contributed by atoms with Gasteiger partial charge < -0.3 is 15.8 Å². The molecule has 4 nitrogen and oxygen atoms in total. The molecular formula is C17H29ClN2O2. The Hall–Kier alpha value is -1.26. The van der Waals surface area contributed by atoms with Crippen molar-refractivity contribution in [3.63, 3.8) is 0 Å². The molecular weight excluding hydrogens is 300 g/mol. The van der Waals surface area contributed by atoms with Crippen LogP contribution in [-0.2, 0) is 4.79 Å². The second-order valence-corrected chi connectivity index (χ2v) is 5.86. The number of ether oxygens (including phenoxy) is 1. The molecule has 1 aromatic rings. The molecule has 0 saturated heterocycles. The molecule has 0 aliphatic heterocycles. The Kier molecular flexibility index (Phi) is 9.14. The molecule has 0 radical (unpaired) electrons. The summed E-state index contributed by atoms with van der Waals surface area (Å²) in [6, 6.07) is 7.84. The van der Waals surface area contributed by atoms with Gasteiger partial charge in [-0.05, 0) is 36.5 Å². The lowest BCUT2D eigenvalue weighted by atomic mass is 9.94. The highest BCUT2D eigenvalue weighted by Crippen LogP contribution is 2.18. The van der Waals surface area contributed by atoms with Crippen molar-refractivity contribution >= 4 is 18.3 Å². The van der Waals surface area contributed by atoms with Crippen molar-refractivity contribution in [3.05, 3.63) is 29.8 Å². The number of rotatable bonds is 8. The summed E-state index contributed by atoms with van der Waals surface area (Å²) in [7, 11) is 0. The van der Waals surface area contributed by atoms with Crippen LogP contribution in [0.25, 0.3) is 0 Å². The average molecular weight is 329 g/mol. The number of hydrogen-bond acceptors (Lipinski definition) is 3. The van der Waals surface area contributed by atoms with Crippen molar-refractivity contribution in [2.45, 2.75) is 52.0 Å². The molecule has 0 saturated carbocycles. The minimum absolute atomic E-state index is 0. The zero-order chi connectivity index (χ0) is 15.9. The van der Waals surface area contributed by atoms with Crippen molar-refractivity contribution in [2.75, 3.05) is 13.2 Å². The van der Waals surface area contributed by atoms with Crippen LogP contribution in [0.4, 0.5) is 0 Å². The van der Waals surface area contributed by atoms with E-state index in [0.717, 1.165) is 12.8 Å². The minimum atomic E-state index is -0.325. The first kappa shape index (κ1) is 20.7. The Balaban J connectivity index is 0.00000441. The fraction of sp³-hybridized carbons (Fsp3) is 0.588. The predicted octanol–water partition coefficient (Wildman–Crippen LogP) is 3.24. The molecule has 0 unspecified atom stereocenters. The summed E-state index contributed by atoms with van der Waals surface area (Å²) in [6.07, 6.45) is 1.67. The highest BCUT2D eigenvalue weighted by atomic mass is 35.5. The molecule has 0 bridgehead atoms. The topological polar surface area (TPSA) is 64.3 Å². The van der Waals surface area contributed by atoms with Crippen molar-refractivity contribution < 1.29 is 9.53 Å². The number of hydrogen-bond donors (Lipinski definition) is 2. The SMILES string of the molecule is CCC(N)(CC)CNC(=O)COc1ccc(C(C)C)cc1.Cl. The number of nitrogens with two attached hydrogens (primary N) is 1. The second-order valence-electron chi connectivity index (χ2n) is 5.86. The smallest absolute Gasteiger partial charge is 0.258 e. The number of carbonyl (C=O) groups is 1. The highest BCUT2D eigenvalue weighted by molar-refractivity contribution is 5.85. The van der Waals surface area contributed by atoms with Crippen molar-refractivity contribution in [1.29, 1.82) is 0 Å². The number of halogens is 1. The molecule has 1 aromatic carbocycles. The van der Waals surface area contributed by atoms with Gasteiger partial charge in [0.05, 0.1) is 0 Å². The molecule has 0 aromatic heterocycles. The van der Waals surface area contributed by atoms with Gasteiger partial charge in [-0.1, -0.05) is 39.8 Å². The summed E-state index contributed by atoms with van der Waals surface area (Å²) >= 11 is 0. The van der Waals surface area contributed by atoms with Crippen LogP contribution in [0.1, 0.15) is 52.0 Å². The first-order chi connectivity index (χ1) is 9.90. The number of carbonyl (C=O) groups excluding carboxylic acids is 1. The van der Waals surface area contributed by atoms with E-state index in [0.29, 0.717) is 18.2 Å². The first-order valence-electron chi connectivity index (χ1n) is 7.68. The Morgan fingerprint density at radius 2 is 1.77 bits per heavy atom. The second kappa shape index (κ2) is 9.70. The van der Waals surface area contributed by atoms with Crippen LogP contribution in [0.3, 0.4) is 0 Å². The molecule has 0 heterocycles. The predicted molar refractivity (Wildman–Crippen MR) is 93.8 cm³/mol. The van der Waals surface area contributed by atoms with Crippen LogP contribution >= 0.6 is 12.4 Å². The van der Waals surface area contributed by atoms with E-state index in [4.69, 9.17) is 10.5 Å². The summed E-state index contributed by atoms with van der Waals surface area (Å²) < 4.78 is 5.48. The molecule has 0 atom stereocenters.